The highest BCUT2D eigenvalue weighted by molar-refractivity contribution is 9.10. The average molecular weight is 494 g/mol. The Morgan fingerprint density at radius 3 is 2.73 bits per heavy atom. The van der Waals surface area contributed by atoms with Crippen molar-refractivity contribution in [1.29, 1.82) is 0 Å². The van der Waals surface area contributed by atoms with E-state index >= 15 is 0 Å². The molecule has 3 rings (SSSR count). The zero-order valence-electron chi connectivity index (χ0n) is 17.5. The van der Waals surface area contributed by atoms with Crippen LogP contribution in [0.25, 0.3) is 0 Å². The second-order valence-corrected chi connectivity index (χ2v) is 9.60. The van der Waals surface area contributed by atoms with Crippen LogP contribution in [0.4, 0.5) is 0 Å². The Morgan fingerprint density at radius 1 is 1.27 bits per heavy atom. The van der Waals surface area contributed by atoms with Crippen LogP contribution in [-0.2, 0) is 11.8 Å². The van der Waals surface area contributed by atoms with Gasteiger partial charge < -0.3 is 15.2 Å². The van der Waals surface area contributed by atoms with Gasteiger partial charge >= 0.3 is 0 Å². The molecule has 0 bridgehead atoms. The van der Waals surface area contributed by atoms with Crippen LogP contribution in [0.15, 0.2) is 33.9 Å². The van der Waals surface area contributed by atoms with Gasteiger partial charge in [-0.3, -0.25) is 9.59 Å². The van der Waals surface area contributed by atoms with Crippen LogP contribution in [0, 0.1) is 5.92 Å². The lowest BCUT2D eigenvalue weighted by molar-refractivity contribution is -0.119. The number of hydrogen-bond acceptors (Lipinski definition) is 5. The SMILES string of the molecule is C[C@H](NC(=O)c1ccccc1Br)c1nnc(SCC(=O)N[C@@H]2CCCC[C@H]2C)n1C. The van der Waals surface area contributed by atoms with Gasteiger partial charge in [0, 0.05) is 17.6 Å². The monoisotopic (exact) mass is 493 g/mol. The third kappa shape index (κ3) is 5.63. The Morgan fingerprint density at radius 2 is 2.00 bits per heavy atom. The van der Waals surface area contributed by atoms with Crippen LogP contribution in [0.2, 0.25) is 0 Å². The third-order valence-corrected chi connectivity index (χ3v) is 7.22. The lowest BCUT2D eigenvalue weighted by atomic mass is 9.86. The summed E-state index contributed by atoms with van der Waals surface area (Å²) in [6.45, 7) is 4.07. The number of nitrogens with one attached hydrogen (secondary N) is 2. The smallest absolute Gasteiger partial charge is 0.253 e. The van der Waals surface area contributed by atoms with Crippen molar-refractivity contribution in [3.8, 4) is 0 Å². The number of hydrogen-bond donors (Lipinski definition) is 2. The molecule has 0 aliphatic heterocycles. The first-order chi connectivity index (χ1) is 14.4. The highest BCUT2D eigenvalue weighted by atomic mass is 79.9. The molecule has 1 saturated carbocycles. The fourth-order valence-corrected chi connectivity index (χ4v) is 4.92. The highest BCUT2D eigenvalue weighted by Gasteiger charge is 2.24. The van der Waals surface area contributed by atoms with Crippen LogP contribution in [0.5, 0.6) is 0 Å². The molecule has 2 N–H and O–H groups in total. The normalized spacial score (nSPS) is 19.9. The molecular weight excluding hydrogens is 466 g/mol. The number of halogens is 1. The molecule has 2 amide bonds. The molecule has 1 aromatic heterocycles. The number of amides is 2. The van der Waals surface area contributed by atoms with Crippen molar-refractivity contribution in [2.45, 2.75) is 56.8 Å². The van der Waals surface area contributed by atoms with Gasteiger partial charge in [0.05, 0.1) is 17.4 Å². The van der Waals surface area contributed by atoms with Gasteiger partial charge in [-0.1, -0.05) is 43.7 Å². The van der Waals surface area contributed by atoms with E-state index in [1.807, 2.05) is 36.7 Å². The third-order valence-electron chi connectivity index (χ3n) is 5.51. The lowest BCUT2D eigenvalue weighted by Crippen LogP contribution is -2.41. The van der Waals surface area contributed by atoms with Crippen LogP contribution in [-0.4, -0.2) is 38.4 Å². The molecule has 0 saturated heterocycles. The first kappa shape index (κ1) is 22.8. The molecule has 1 aromatic carbocycles. The minimum atomic E-state index is -0.326. The van der Waals surface area contributed by atoms with Crippen molar-refractivity contribution in [3.63, 3.8) is 0 Å². The topological polar surface area (TPSA) is 88.9 Å². The van der Waals surface area contributed by atoms with Gasteiger partial charge in [-0.15, -0.1) is 10.2 Å². The maximum Gasteiger partial charge on any atom is 0.253 e. The van der Waals surface area contributed by atoms with Crippen molar-refractivity contribution in [3.05, 3.63) is 40.1 Å². The molecule has 1 aliphatic carbocycles. The van der Waals surface area contributed by atoms with E-state index in [0.29, 0.717) is 28.2 Å². The van der Waals surface area contributed by atoms with E-state index < -0.39 is 0 Å². The van der Waals surface area contributed by atoms with E-state index in [4.69, 9.17) is 0 Å². The zero-order valence-corrected chi connectivity index (χ0v) is 19.9. The molecule has 0 unspecified atom stereocenters. The Bertz CT molecular complexity index is 903. The minimum absolute atomic E-state index is 0.0265. The van der Waals surface area contributed by atoms with E-state index in [-0.39, 0.29) is 23.9 Å². The Kier molecular flexibility index (Phi) is 7.93. The van der Waals surface area contributed by atoms with Crippen molar-refractivity contribution in [2.24, 2.45) is 13.0 Å². The lowest BCUT2D eigenvalue weighted by Gasteiger charge is -2.29. The van der Waals surface area contributed by atoms with Gasteiger partial charge in [-0.05, 0) is 53.7 Å². The summed E-state index contributed by atoms with van der Waals surface area (Å²) in [6, 6.07) is 7.22. The van der Waals surface area contributed by atoms with Crippen molar-refractivity contribution >= 4 is 39.5 Å². The number of benzene rings is 1. The molecule has 162 valence electrons. The molecule has 3 atom stereocenters. The van der Waals surface area contributed by atoms with Gasteiger partial charge in [0.1, 0.15) is 0 Å². The van der Waals surface area contributed by atoms with E-state index in [2.05, 4.69) is 43.7 Å². The molecule has 0 radical (unpaired) electrons. The van der Waals surface area contributed by atoms with Crippen LogP contribution < -0.4 is 10.6 Å². The fraction of sp³-hybridized carbons (Fsp3) is 0.524. The van der Waals surface area contributed by atoms with E-state index in [1.54, 1.807) is 6.07 Å². The van der Waals surface area contributed by atoms with Crippen LogP contribution in [0.3, 0.4) is 0 Å². The average Bonchev–Trinajstić information content (AvgIpc) is 3.09. The molecule has 30 heavy (non-hydrogen) atoms. The van der Waals surface area contributed by atoms with E-state index in [1.165, 1.54) is 31.0 Å². The summed E-state index contributed by atoms with van der Waals surface area (Å²) in [5.74, 6) is 1.31. The molecule has 1 fully saturated rings. The summed E-state index contributed by atoms with van der Waals surface area (Å²) in [7, 11) is 1.85. The summed E-state index contributed by atoms with van der Waals surface area (Å²) >= 11 is 4.76. The number of thioether (sulfide) groups is 1. The van der Waals surface area contributed by atoms with E-state index in [0.717, 1.165) is 10.9 Å². The largest absolute Gasteiger partial charge is 0.352 e. The second kappa shape index (κ2) is 10.4. The maximum atomic E-state index is 12.5. The predicted octanol–water partition coefficient (Wildman–Crippen LogP) is 3.86. The number of nitrogens with zero attached hydrogens (tertiary/aromatic N) is 3. The molecule has 1 heterocycles. The Hall–Kier alpha value is -1.87. The fourth-order valence-electron chi connectivity index (χ4n) is 3.72. The minimum Gasteiger partial charge on any atom is -0.352 e. The van der Waals surface area contributed by atoms with Gasteiger partial charge in [-0.25, -0.2) is 0 Å². The van der Waals surface area contributed by atoms with Gasteiger partial charge in [0.2, 0.25) is 5.91 Å². The van der Waals surface area contributed by atoms with Gasteiger partial charge in [-0.2, -0.15) is 0 Å². The Labute approximate surface area is 189 Å². The van der Waals surface area contributed by atoms with Gasteiger partial charge in [0.15, 0.2) is 11.0 Å². The molecule has 2 aromatic rings. The molecule has 9 heteroatoms. The number of aromatic nitrogens is 3. The van der Waals surface area contributed by atoms with Crippen molar-refractivity contribution in [2.75, 3.05) is 5.75 Å². The number of carbonyl (C=O) groups excluding carboxylic acids is 2. The quantitative estimate of drug-likeness (QED) is 0.571. The molecular formula is C21H28BrN5O2S. The summed E-state index contributed by atoms with van der Waals surface area (Å²) < 4.78 is 2.56. The van der Waals surface area contributed by atoms with Crippen LogP contribution in [0.1, 0.15) is 61.8 Å². The maximum absolute atomic E-state index is 12.5. The summed E-state index contributed by atoms with van der Waals surface area (Å²) in [6.07, 6.45) is 4.66. The van der Waals surface area contributed by atoms with Crippen molar-refractivity contribution in [1.82, 2.24) is 25.4 Å². The summed E-state index contributed by atoms with van der Waals surface area (Å²) in [5.41, 5.74) is 0.565. The van der Waals surface area contributed by atoms with Crippen molar-refractivity contribution < 1.29 is 9.59 Å². The second-order valence-electron chi connectivity index (χ2n) is 7.80. The molecule has 1 aliphatic rings. The molecule has 7 nitrogen and oxygen atoms in total. The van der Waals surface area contributed by atoms with E-state index in [9.17, 15) is 9.59 Å². The highest BCUT2D eigenvalue weighted by Crippen LogP contribution is 2.24. The number of carbonyl (C=O) groups is 2. The molecule has 0 spiro atoms. The van der Waals surface area contributed by atoms with Crippen LogP contribution >= 0.6 is 27.7 Å². The standard InChI is InChI=1S/C21H28BrN5O2S/c1-13-8-4-7-11-17(13)24-18(28)12-30-21-26-25-19(27(21)3)14(2)23-20(29)15-9-5-6-10-16(15)22/h5-6,9-10,13-14,17H,4,7-8,11-12H2,1-3H3,(H,23,29)(H,24,28)/t13-,14+,17-/m1/s1. The Balaban J connectivity index is 1.55. The summed E-state index contributed by atoms with van der Waals surface area (Å²) in [4.78, 5) is 24.9. The predicted molar refractivity (Wildman–Crippen MR) is 121 cm³/mol. The first-order valence-corrected chi connectivity index (χ1v) is 12.0. The number of rotatable bonds is 7. The summed E-state index contributed by atoms with van der Waals surface area (Å²) in [5, 5.41) is 15.2. The van der Waals surface area contributed by atoms with Gasteiger partial charge in [0.25, 0.3) is 5.91 Å². The zero-order chi connectivity index (χ0) is 21.7. The first-order valence-electron chi connectivity index (χ1n) is 10.2.